The van der Waals surface area contributed by atoms with Gasteiger partial charge in [-0.05, 0) is 65.2 Å². The van der Waals surface area contributed by atoms with Gasteiger partial charge in [0, 0.05) is 50.3 Å². The first-order chi connectivity index (χ1) is 23.6. The molecule has 0 saturated carbocycles. The van der Waals surface area contributed by atoms with E-state index in [1.54, 1.807) is 32.1 Å². The number of carbonyl (C=O) groups is 5. The van der Waals surface area contributed by atoms with E-state index in [1.807, 2.05) is 38.9 Å². The maximum Gasteiger partial charge on any atom is 0.405 e. The first-order valence-electron chi connectivity index (χ1n) is 16.7. The summed E-state index contributed by atoms with van der Waals surface area (Å²) in [6.07, 6.45) is 6.21. The number of fused-ring (bicyclic) bond motifs is 2. The predicted octanol–water partition coefficient (Wildman–Crippen LogP) is 3.85. The predicted molar refractivity (Wildman–Crippen MR) is 197 cm³/mol. The summed E-state index contributed by atoms with van der Waals surface area (Å²) in [7, 11) is 6.80. The standard InChI is InChI=1S/C37H54N4O9.ClH/c1-10-16-39-32-26-18-22(2)19-30(48-9)35(49-31(43)15-12-17-41(6)7)25(5)20-24(4)34(50-37(38)46)29(47-8)14-11-13-23(3)36(45)40-27(33(26)44)21-28(32)42;/h10-11,13-14,20-22,25,29-30,34-35,39H,1,12,15-19H2,2-9H3,(H2,38,46)(H,40,45);1H/b14-11-,23-13+,24-20+;/t22-,25+,29-,30+,34+,35-;/m1./s1. The molecule has 14 heteroatoms. The van der Waals surface area contributed by atoms with Crippen molar-refractivity contribution in [3.05, 3.63) is 71.1 Å². The van der Waals surface area contributed by atoms with Gasteiger partial charge in [-0.25, -0.2) is 4.79 Å². The lowest BCUT2D eigenvalue weighted by molar-refractivity contribution is -0.160. The van der Waals surface area contributed by atoms with Gasteiger partial charge < -0.3 is 40.2 Å². The van der Waals surface area contributed by atoms with Crippen LogP contribution in [0.2, 0.25) is 0 Å². The molecule has 2 aliphatic rings. The monoisotopic (exact) mass is 734 g/mol. The van der Waals surface area contributed by atoms with Crippen LogP contribution in [0.25, 0.3) is 0 Å². The number of amides is 2. The smallest absolute Gasteiger partial charge is 0.405 e. The molecule has 0 spiro atoms. The highest BCUT2D eigenvalue weighted by Crippen LogP contribution is 2.30. The summed E-state index contributed by atoms with van der Waals surface area (Å²) in [6.45, 7) is 11.7. The number of hydrogen-bond donors (Lipinski definition) is 3. The molecule has 4 N–H and O–H groups in total. The third-order valence-electron chi connectivity index (χ3n) is 8.44. The van der Waals surface area contributed by atoms with Crippen LogP contribution < -0.4 is 16.4 Å². The Morgan fingerprint density at radius 2 is 1.80 bits per heavy atom. The quantitative estimate of drug-likeness (QED) is 0.160. The number of nitrogens with one attached hydrogen (secondary N) is 2. The Morgan fingerprint density at radius 1 is 1.12 bits per heavy atom. The summed E-state index contributed by atoms with van der Waals surface area (Å²) in [5.41, 5.74) is 6.46. The zero-order chi connectivity index (χ0) is 37.5. The van der Waals surface area contributed by atoms with Crippen LogP contribution in [0.4, 0.5) is 4.79 Å². The summed E-state index contributed by atoms with van der Waals surface area (Å²) in [5, 5.41) is 5.58. The molecule has 13 nitrogen and oxygen atoms in total. The summed E-state index contributed by atoms with van der Waals surface area (Å²) >= 11 is 0. The topological polar surface area (TPSA) is 176 Å². The molecule has 1 heterocycles. The maximum atomic E-state index is 13.8. The van der Waals surface area contributed by atoms with Crippen LogP contribution in [-0.4, -0.2) is 100 Å². The number of methoxy groups -OCH3 is 2. The van der Waals surface area contributed by atoms with E-state index in [4.69, 9.17) is 24.7 Å². The molecular formula is C37H55ClN4O9. The molecule has 0 fully saturated rings. The van der Waals surface area contributed by atoms with Crippen LogP contribution in [0.15, 0.2) is 71.1 Å². The number of halogens is 1. The van der Waals surface area contributed by atoms with Crippen molar-refractivity contribution in [1.82, 2.24) is 15.5 Å². The number of rotatable bonds is 11. The molecular weight excluding hydrogens is 680 g/mol. The van der Waals surface area contributed by atoms with Crippen LogP contribution in [0.3, 0.4) is 0 Å². The number of esters is 1. The highest BCUT2D eigenvalue weighted by atomic mass is 35.5. The number of nitrogens with two attached hydrogens (primary N) is 1. The van der Waals surface area contributed by atoms with Crippen LogP contribution >= 0.6 is 12.4 Å². The summed E-state index contributed by atoms with van der Waals surface area (Å²) in [4.78, 5) is 67.4. The van der Waals surface area contributed by atoms with Gasteiger partial charge in [0.1, 0.15) is 12.2 Å². The van der Waals surface area contributed by atoms with Gasteiger partial charge in [0.05, 0.1) is 17.5 Å². The number of Topliss-reactive ketones (excluding diaryl/α,β-unsaturated/α-hetero) is 1. The lowest BCUT2D eigenvalue weighted by Gasteiger charge is -2.32. The number of ketones is 2. The number of allylic oxidation sites excluding steroid dienone is 4. The van der Waals surface area contributed by atoms with E-state index in [2.05, 4.69) is 17.2 Å². The first kappa shape index (κ1) is 45.0. The normalized spacial score (nSPS) is 27.9. The Balaban J connectivity index is 0.0000130. The van der Waals surface area contributed by atoms with Crippen molar-refractivity contribution in [3.63, 3.8) is 0 Å². The summed E-state index contributed by atoms with van der Waals surface area (Å²) in [6, 6.07) is 0. The zero-order valence-corrected chi connectivity index (χ0v) is 31.8. The molecule has 2 amide bonds. The Morgan fingerprint density at radius 3 is 2.39 bits per heavy atom. The van der Waals surface area contributed by atoms with Gasteiger partial charge in [-0.15, -0.1) is 19.0 Å². The van der Waals surface area contributed by atoms with Crippen molar-refractivity contribution < 1.29 is 42.9 Å². The fourth-order valence-electron chi connectivity index (χ4n) is 5.87. The van der Waals surface area contributed by atoms with Crippen molar-refractivity contribution in [2.75, 3.05) is 41.4 Å². The van der Waals surface area contributed by atoms with Gasteiger partial charge in [-0.3, -0.25) is 19.2 Å². The van der Waals surface area contributed by atoms with Gasteiger partial charge in [-0.1, -0.05) is 44.2 Å². The number of ether oxygens (including phenoxy) is 4. The van der Waals surface area contributed by atoms with Gasteiger partial charge in [-0.2, -0.15) is 0 Å². The van der Waals surface area contributed by atoms with Gasteiger partial charge in [0.15, 0.2) is 6.10 Å². The second kappa shape index (κ2) is 22.0. The minimum Gasteiger partial charge on any atom is -0.459 e. The van der Waals surface area contributed by atoms with E-state index in [-0.39, 0.29) is 60.3 Å². The maximum absolute atomic E-state index is 13.8. The van der Waals surface area contributed by atoms with Gasteiger partial charge in [0.2, 0.25) is 11.6 Å². The fraction of sp³-hybridized carbons (Fsp3) is 0.541. The van der Waals surface area contributed by atoms with E-state index in [9.17, 15) is 24.0 Å². The summed E-state index contributed by atoms with van der Waals surface area (Å²) in [5.74, 6) is -2.65. The molecule has 1 aliphatic heterocycles. The Hall–Kier alpha value is -4.04. The molecule has 1 aliphatic carbocycles. The van der Waals surface area contributed by atoms with E-state index < -0.39 is 59.9 Å². The van der Waals surface area contributed by atoms with Crippen LogP contribution in [-0.2, 0) is 38.1 Å². The molecule has 6 atom stereocenters. The largest absolute Gasteiger partial charge is 0.459 e. The molecule has 0 aromatic rings. The lowest BCUT2D eigenvalue weighted by Crippen LogP contribution is -2.40. The van der Waals surface area contributed by atoms with E-state index in [1.165, 1.54) is 20.3 Å². The van der Waals surface area contributed by atoms with Crippen molar-refractivity contribution in [3.8, 4) is 0 Å². The minimum atomic E-state index is -1.02. The molecule has 51 heavy (non-hydrogen) atoms. The van der Waals surface area contributed by atoms with Crippen molar-refractivity contribution >= 4 is 41.9 Å². The molecule has 2 rings (SSSR count). The third kappa shape index (κ3) is 13.9. The molecule has 0 aromatic carbocycles. The van der Waals surface area contributed by atoms with E-state index >= 15 is 0 Å². The van der Waals surface area contributed by atoms with Crippen molar-refractivity contribution in [1.29, 1.82) is 0 Å². The highest BCUT2D eigenvalue weighted by Gasteiger charge is 2.35. The molecule has 2 bridgehead atoms. The van der Waals surface area contributed by atoms with Crippen LogP contribution in [0.1, 0.15) is 53.4 Å². The van der Waals surface area contributed by atoms with Crippen molar-refractivity contribution in [2.24, 2.45) is 17.6 Å². The molecule has 0 aromatic heterocycles. The van der Waals surface area contributed by atoms with Gasteiger partial charge >= 0.3 is 12.1 Å². The zero-order valence-electron chi connectivity index (χ0n) is 31.0. The van der Waals surface area contributed by atoms with Crippen LogP contribution in [0, 0.1) is 11.8 Å². The molecule has 0 radical (unpaired) electrons. The Labute approximate surface area is 307 Å². The van der Waals surface area contributed by atoms with Gasteiger partial charge in [0.25, 0.3) is 5.91 Å². The number of hydrogen-bond acceptors (Lipinski definition) is 11. The summed E-state index contributed by atoms with van der Waals surface area (Å²) < 4.78 is 23.2. The average molecular weight is 735 g/mol. The second-order valence-corrected chi connectivity index (χ2v) is 13.0. The second-order valence-electron chi connectivity index (χ2n) is 13.0. The third-order valence-corrected chi connectivity index (χ3v) is 8.44. The molecule has 284 valence electrons. The van der Waals surface area contributed by atoms with E-state index in [0.29, 0.717) is 25.0 Å². The lowest BCUT2D eigenvalue weighted by atomic mass is 9.85. The number of carbonyl (C=O) groups excluding carboxylic acids is 5. The number of primary amides is 1. The fourth-order valence-corrected chi connectivity index (χ4v) is 5.87. The van der Waals surface area contributed by atoms with Crippen molar-refractivity contribution in [2.45, 2.75) is 77.8 Å². The SMILES string of the molecule is C=CCNC1=C2C[C@@H](C)C[C@H](OC)[C@H](OC(=O)CCCN(C)C)[C@@H](C)/C=C(\C)[C@H](OC(N)=O)[C@H](OC)/C=C\C=C(/C)C(=O)NC(=CC1=O)C2=O.Cl. The Bertz CT molecular complexity index is 1430. The number of nitrogens with zero attached hydrogens (tertiary/aromatic N) is 1. The minimum absolute atomic E-state index is 0. The first-order valence-corrected chi connectivity index (χ1v) is 16.7. The molecule has 0 unspecified atom stereocenters. The van der Waals surface area contributed by atoms with Crippen LogP contribution in [0.5, 0.6) is 0 Å². The Kier molecular flexibility index (Phi) is 19.4. The average Bonchev–Trinajstić information content (AvgIpc) is 3.04. The molecule has 0 saturated heterocycles. The highest BCUT2D eigenvalue weighted by molar-refractivity contribution is 6.23. The van der Waals surface area contributed by atoms with E-state index in [0.717, 1.165) is 6.08 Å².